The molecule has 60 valence electrons. The quantitative estimate of drug-likeness (QED) is 0.540. The number of hydrogen-bond donors (Lipinski definition) is 0. The highest BCUT2D eigenvalue weighted by Crippen LogP contribution is 2.25. The minimum Gasteiger partial charge on any atom is -0.205 e. The summed E-state index contributed by atoms with van der Waals surface area (Å²) in [4.78, 5) is 0. The van der Waals surface area contributed by atoms with Gasteiger partial charge in [0.15, 0.2) is 0 Å². The van der Waals surface area contributed by atoms with E-state index < -0.39 is 5.82 Å². The summed E-state index contributed by atoms with van der Waals surface area (Å²) in [5.41, 5.74) is 0.941. The van der Waals surface area contributed by atoms with Crippen LogP contribution >= 0.6 is 43.5 Å². The standard InChI is InChI=1S/C7H4Br2ClF/c8-3-4-1-6(10)7(11)2-5(4)9/h1-2H,3H2. The third-order valence-corrected chi connectivity index (χ3v) is 2.87. The molecule has 0 aliphatic rings. The molecule has 0 heterocycles. The number of rotatable bonds is 1. The van der Waals surface area contributed by atoms with Crippen molar-refractivity contribution in [3.8, 4) is 0 Å². The Labute approximate surface area is 86.0 Å². The van der Waals surface area contributed by atoms with Gasteiger partial charge in [0.2, 0.25) is 0 Å². The molecule has 0 unspecified atom stereocenters. The molecule has 1 aromatic rings. The molecule has 11 heavy (non-hydrogen) atoms. The van der Waals surface area contributed by atoms with Crippen LogP contribution in [0.3, 0.4) is 0 Å². The summed E-state index contributed by atoms with van der Waals surface area (Å²) in [6, 6.07) is 2.95. The summed E-state index contributed by atoms with van der Waals surface area (Å²) in [5.74, 6) is -0.400. The normalized spacial score (nSPS) is 10.2. The Kier molecular flexibility index (Phi) is 3.34. The Morgan fingerprint density at radius 1 is 1.45 bits per heavy atom. The van der Waals surface area contributed by atoms with Gasteiger partial charge in [-0.05, 0) is 17.7 Å². The van der Waals surface area contributed by atoms with Gasteiger partial charge in [0.25, 0.3) is 0 Å². The maximum atomic E-state index is 12.7. The molecule has 0 spiro atoms. The largest absolute Gasteiger partial charge is 0.205 e. The molecule has 0 saturated carbocycles. The summed E-state index contributed by atoms with van der Waals surface area (Å²) in [6.07, 6.45) is 0. The Hall–Kier alpha value is 0.400. The van der Waals surface area contributed by atoms with Crippen LogP contribution in [0.4, 0.5) is 4.39 Å². The first-order chi connectivity index (χ1) is 5.15. The van der Waals surface area contributed by atoms with Crippen molar-refractivity contribution in [1.29, 1.82) is 0 Å². The van der Waals surface area contributed by atoms with E-state index in [1.54, 1.807) is 6.07 Å². The molecule has 1 rings (SSSR count). The minimum atomic E-state index is -0.400. The summed E-state index contributed by atoms with van der Waals surface area (Å²) >= 11 is 12.0. The fourth-order valence-electron chi connectivity index (χ4n) is 0.666. The summed E-state index contributed by atoms with van der Waals surface area (Å²) in [7, 11) is 0. The van der Waals surface area contributed by atoms with E-state index in [1.807, 2.05) is 0 Å². The van der Waals surface area contributed by atoms with E-state index in [0.29, 0.717) is 5.33 Å². The van der Waals surface area contributed by atoms with Crippen LogP contribution < -0.4 is 0 Å². The van der Waals surface area contributed by atoms with E-state index in [4.69, 9.17) is 11.6 Å². The zero-order valence-corrected chi connectivity index (χ0v) is 9.30. The van der Waals surface area contributed by atoms with Crippen molar-refractivity contribution < 1.29 is 4.39 Å². The van der Waals surface area contributed by atoms with E-state index in [0.717, 1.165) is 10.0 Å². The molecule has 0 amide bonds. The summed E-state index contributed by atoms with van der Waals surface area (Å²) in [5, 5.41) is 0.816. The molecule has 0 nitrogen and oxygen atoms in total. The van der Waals surface area contributed by atoms with Crippen LogP contribution in [0.15, 0.2) is 16.6 Å². The fourth-order valence-corrected chi connectivity index (χ4v) is 2.15. The maximum absolute atomic E-state index is 12.7. The average molecular weight is 302 g/mol. The van der Waals surface area contributed by atoms with E-state index in [9.17, 15) is 4.39 Å². The van der Waals surface area contributed by atoms with Gasteiger partial charge in [-0.25, -0.2) is 4.39 Å². The van der Waals surface area contributed by atoms with Gasteiger partial charge in [0.05, 0.1) is 5.02 Å². The highest BCUT2D eigenvalue weighted by Gasteiger charge is 2.04. The zero-order valence-electron chi connectivity index (χ0n) is 5.37. The second kappa shape index (κ2) is 3.87. The molecule has 1 aromatic carbocycles. The third kappa shape index (κ3) is 2.17. The Bertz CT molecular complexity index is 275. The Morgan fingerprint density at radius 3 is 2.64 bits per heavy atom. The molecule has 0 radical (unpaired) electrons. The van der Waals surface area contributed by atoms with Gasteiger partial charge >= 0.3 is 0 Å². The lowest BCUT2D eigenvalue weighted by Crippen LogP contribution is -1.84. The van der Waals surface area contributed by atoms with Crippen LogP contribution in [0, 0.1) is 5.82 Å². The Balaban J connectivity index is 3.21. The number of halogens is 4. The highest BCUT2D eigenvalue weighted by molar-refractivity contribution is 9.10. The van der Waals surface area contributed by atoms with Gasteiger partial charge in [-0.15, -0.1) is 0 Å². The maximum Gasteiger partial charge on any atom is 0.142 e. The fraction of sp³-hybridized carbons (Fsp3) is 0.143. The lowest BCUT2D eigenvalue weighted by Gasteiger charge is -2.01. The minimum absolute atomic E-state index is 0.155. The van der Waals surface area contributed by atoms with Crippen molar-refractivity contribution in [1.82, 2.24) is 0 Å². The second-order valence-electron chi connectivity index (χ2n) is 1.99. The average Bonchev–Trinajstić information content (AvgIpc) is 1.97. The van der Waals surface area contributed by atoms with Gasteiger partial charge in [0.1, 0.15) is 5.82 Å². The molecule has 0 aliphatic carbocycles. The monoisotopic (exact) mass is 300 g/mol. The number of benzene rings is 1. The molecule has 0 fully saturated rings. The van der Waals surface area contributed by atoms with Crippen molar-refractivity contribution in [3.63, 3.8) is 0 Å². The van der Waals surface area contributed by atoms with E-state index >= 15 is 0 Å². The van der Waals surface area contributed by atoms with Gasteiger partial charge in [0, 0.05) is 9.80 Å². The smallest absolute Gasteiger partial charge is 0.142 e. The van der Waals surface area contributed by atoms with Crippen molar-refractivity contribution in [2.45, 2.75) is 5.33 Å². The SMILES string of the molecule is Fc1cc(Br)c(CBr)cc1Cl. The predicted octanol–water partition coefficient (Wildman–Crippen LogP) is 4.14. The first-order valence-electron chi connectivity index (χ1n) is 2.84. The topological polar surface area (TPSA) is 0 Å². The second-order valence-corrected chi connectivity index (χ2v) is 3.81. The summed E-state index contributed by atoms with van der Waals surface area (Å²) < 4.78 is 13.5. The van der Waals surface area contributed by atoms with Crippen LogP contribution in [0.2, 0.25) is 5.02 Å². The van der Waals surface area contributed by atoms with Gasteiger partial charge in [-0.2, -0.15) is 0 Å². The Morgan fingerprint density at radius 2 is 2.09 bits per heavy atom. The van der Waals surface area contributed by atoms with Gasteiger partial charge < -0.3 is 0 Å². The predicted molar refractivity (Wildman–Crippen MR) is 51.7 cm³/mol. The van der Waals surface area contributed by atoms with Gasteiger partial charge in [-0.1, -0.05) is 43.5 Å². The molecule has 0 aromatic heterocycles. The molecular weight excluding hydrogens is 298 g/mol. The highest BCUT2D eigenvalue weighted by atomic mass is 79.9. The van der Waals surface area contributed by atoms with Crippen LogP contribution in [-0.2, 0) is 5.33 Å². The zero-order chi connectivity index (χ0) is 8.43. The first-order valence-corrected chi connectivity index (χ1v) is 5.13. The first kappa shape index (κ1) is 9.49. The molecular formula is C7H4Br2ClF. The van der Waals surface area contributed by atoms with Crippen LogP contribution in [-0.4, -0.2) is 0 Å². The van der Waals surface area contributed by atoms with Crippen LogP contribution in [0.1, 0.15) is 5.56 Å². The molecule has 0 atom stereocenters. The lowest BCUT2D eigenvalue weighted by atomic mass is 10.2. The van der Waals surface area contributed by atoms with Crippen LogP contribution in [0.25, 0.3) is 0 Å². The van der Waals surface area contributed by atoms with E-state index in [-0.39, 0.29) is 5.02 Å². The van der Waals surface area contributed by atoms with Crippen molar-refractivity contribution >= 4 is 43.5 Å². The van der Waals surface area contributed by atoms with Crippen molar-refractivity contribution in [3.05, 3.63) is 33.0 Å². The van der Waals surface area contributed by atoms with Crippen molar-refractivity contribution in [2.24, 2.45) is 0 Å². The lowest BCUT2D eigenvalue weighted by molar-refractivity contribution is 0.627. The van der Waals surface area contributed by atoms with Crippen LogP contribution in [0.5, 0.6) is 0 Å². The van der Waals surface area contributed by atoms with E-state index in [1.165, 1.54) is 6.07 Å². The molecule has 0 saturated heterocycles. The molecule has 0 N–H and O–H groups in total. The molecule has 4 heteroatoms. The van der Waals surface area contributed by atoms with Crippen molar-refractivity contribution in [2.75, 3.05) is 0 Å². The van der Waals surface area contributed by atoms with Gasteiger partial charge in [-0.3, -0.25) is 0 Å². The molecule has 0 aliphatic heterocycles. The molecule has 0 bridgehead atoms. The number of hydrogen-bond acceptors (Lipinski definition) is 0. The number of alkyl halides is 1. The third-order valence-electron chi connectivity index (χ3n) is 1.23. The van der Waals surface area contributed by atoms with E-state index in [2.05, 4.69) is 31.9 Å². The summed E-state index contributed by atoms with van der Waals surface area (Å²) in [6.45, 7) is 0.